The fourth-order valence-corrected chi connectivity index (χ4v) is 5.16. The van der Waals surface area contributed by atoms with Crippen LogP contribution < -0.4 is 4.90 Å². The number of nitriles is 2. The van der Waals surface area contributed by atoms with Crippen molar-refractivity contribution in [3.8, 4) is 12.3 Å². The number of hydrogen-bond donors (Lipinski definition) is 0. The van der Waals surface area contributed by atoms with Crippen molar-refractivity contribution < 1.29 is 18.0 Å². The Morgan fingerprint density at radius 2 is 1.61 bits per heavy atom. The van der Waals surface area contributed by atoms with Crippen molar-refractivity contribution in [3.05, 3.63) is 29.3 Å². The zero-order valence-corrected chi connectivity index (χ0v) is 21.5. The molecule has 11 heteroatoms. The third-order valence-corrected chi connectivity index (χ3v) is 7.28. The van der Waals surface area contributed by atoms with Gasteiger partial charge in [0.2, 0.25) is 0 Å². The van der Waals surface area contributed by atoms with Crippen LogP contribution in [0.2, 0.25) is 0 Å². The molecule has 0 saturated carbocycles. The third kappa shape index (κ3) is 6.08. The van der Waals surface area contributed by atoms with Crippen LogP contribution in [-0.4, -0.2) is 70.5 Å². The number of carbonyl (C=O) groups excluding carboxylic acids is 1. The van der Waals surface area contributed by atoms with Gasteiger partial charge in [0.05, 0.1) is 22.9 Å². The van der Waals surface area contributed by atoms with Crippen molar-refractivity contribution in [2.24, 2.45) is 0 Å². The average molecular weight is 521 g/mol. The first-order valence-corrected chi connectivity index (χ1v) is 12.6. The number of anilines is 1. The molecule has 1 amide bonds. The zero-order chi connectivity index (χ0) is 26.5. The zero-order valence-electron chi connectivity index (χ0n) is 20.6. The number of benzene rings is 1. The Hall–Kier alpha value is -2.89. The standard InChI is InChI=1S/C25H31F3N6OS/c1-24(2)22(35)34(20-9-8-19(17-29)21(16-20)25(26,27)28)23(36)33(24)11-7-5-3-4-6-10-31-12-14-32(18-30)15-13-31/h8-9,16H,3-7,10-15H2,1-2H3. The Balaban J connectivity index is 1.52. The Labute approximate surface area is 215 Å². The molecule has 7 nitrogen and oxygen atoms in total. The summed E-state index contributed by atoms with van der Waals surface area (Å²) in [7, 11) is 0. The molecule has 3 rings (SSSR count). The molecular formula is C25H31F3N6OS. The van der Waals surface area contributed by atoms with Gasteiger partial charge in [-0.1, -0.05) is 19.3 Å². The molecule has 2 aliphatic rings. The molecular weight excluding hydrogens is 489 g/mol. The first-order valence-electron chi connectivity index (χ1n) is 12.1. The second kappa shape index (κ2) is 11.4. The largest absolute Gasteiger partial charge is 0.417 e. The average Bonchev–Trinajstić information content (AvgIpc) is 3.01. The molecule has 0 radical (unpaired) electrons. The lowest BCUT2D eigenvalue weighted by molar-refractivity contribution is -0.137. The second-order valence-corrected chi connectivity index (χ2v) is 10.0. The van der Waals surface area contributed by atoms with Crippen LogP contribution in [0, 0.1) is 22.8 Å². The van der Waals surface area contributed by atoms with Gasteiger partial charge in [0.15, 0.2) is 11.3 Å². The number of piperazine rings is 1. The number of alkyl halides is 3. The summed E-state index contributed by atoms with van der Waals surface area (Å²) < 4.78 is 40.3. The monoisotopic (exact) mass is 520 g/mol. The van der Waals surface area contributed by atoms with Gasteiger partial charge in [-0.3, -0.25) is 14.6 Å². The van der Waals surface area contributed by atoms with E-state index in [1.165, 1.54) is 6.07 Å². The van der Waals surface area contributed by atoms with Gasteiger partial charge in [-0.15, -0.1) is 0 Å². The number of nitrogens with zero attached hydrogens (tertiary/aromatic N) is 6. The first-order chi connectivity index (χ1) is 17.0. The van der Waals surface area contributed by atoms with Gasteiger partial charge < -0.3 is 9.80 Å². The Morgan fingerprint density at radius 3 is 2.19 bits per heavy atom. The number of thiocarbonyl (C=S) groups is 1. The molecule has 2 heterocycles. The fourth-order valence-electron chi connectivity index (χ4n) is 4.65. The van der Waals surface area contributed by atoms with E-state index in [2.05, 4.69) is 11.1 Å². The predicted octanol–water partition coefficient (Wildman–Crippen LogP) is 4.34. The lowest BCUT2D eigenvalue weighted by atomic mass is 10.0. The van der Waals surface area contributed by atoms with Crippen LogP contribution in [0.3, 0.4) is 0 Å². The van der Waals surface area contributed by atoms with E-state index in [9.17, 15) is 18.0 Å². The van der Waals surface area contributed by atoms with Crippen LogP contribution in [0.5, 0.6) is 0 Å². The summed E-state index contributed by atoms with van der Waals surface area (Å²) in [6.45, 7) is 8.43. The number of carbonyl (C=O) groups is 1. The molecule has 0 aliphatic carbocycles. The molecule has 1 aromatic rings. The first kappa shape index (κ1) is 27.7. The van der Waals surface area contributed by atoms with Gasteiger partial charge in [-0.05, 0) is 63.7 Å². The molecule has 0 N–H and O–H groups in total. The van der Waals surface area contributed by atoms with Crippen LogP contribution in [0.4, 0.5) is 18.9 Å². The molecule has 1 aromatic carbocycles. The van der Waals surface area contributed by atoms with Crippen molar-refractivity contribution >= 4 is 28.9 Å². The maximum atomic E-state index is 13.4. The van der Waals surface area contributed by atoms with Crippen molar-refractivity contribution in [2.45, 2.75) is 57.7 Å². The molecule has 194 valence electrons. The van der Waals surface area contributed by atoms with Crippen molar-refractivity contribution in [2.75, 3.05) is 44.2 Å². The topological polar surface area (TPSA) is 77.6 Å². The highest BCUT2D eigenvalue weighted by atomic mass is 32.1. The molecule has 2 aliphatic heterocycles. The molecule has 0 bridgehead atoms. The van der Waals surface area contributed by atoms with E-state index in [-0.39, 0.29) is 16.7 Å². The quantitative estimate of drug-likeness (QED) is 0.272. The van der Waals surface area contributed by atoms with Crippen LogP contribution in [0.1, 0.15) is 57.1 Å². The van der Waals surface area contributed by atoms with Crippen LogP contribution in [0.25, 0.3) is 0 Å². The van der Waals surface area contributed by atoms with E-state index in [0.717, 1.165) is 81.9 Å². The Bertz CT molecular complexity index is 1050. The van der Waals surface area contributed by atoms with Gasteiger partial charge in [0.25, 0.3) is 5.91 Å². The van der Waals surface area contributed by atoms with E-state index in [1.54, 1.807) is 29.7 Å². The van der Waals surface area contributed by atoms with Gasteiger partial charge in [-0.25, -0.2) is 0 Å². The van der Waals surface area contributed by atoms with Crippen LogP contribution >= 0.6 is 12.2 Å². The predicted molar refractivity (Wildman–Crippen MR) is 134 cm³/mol. The molecule has 0 atom stereocenters. The number of rotatable bonds is 9. The third-order valence-electron chi connectivity index (χ3n) is 6.88. The maximum absolute atomic E-state index is 13.4. The van der Waals surface area contributed by atoms with Crippen molar-refractivity contribution in [3.63, 3.8) is 0 Å². The molecule has 36 heavy (non-hydrogen) atoms. The SMILES string of the molecule is CC1(C)C(=O)N(c2ccc(C#N)c(C(F)(F)F)c2)C(=S)N1CCCCCCCN1CCN(C#N)CC1. The molecule has 2 saturated heterocycles. The number of hydrogen-bond acceptors (Lipinski definition) is 6. The smallest absolute Gasteiger partial charge is 0.334 e. The van der Waals surface area contributed by atoms with E-state index in [0.29, 0.717) is 6.54 Å². The minimum absolute atomic E-state index is 0.0162. The van der Waals surface area contributed by atoms with Gasteiger partial charge >= 0.3 is 6.18 Å². The van der Waals surface area contributed by atoms with Gasteiger partial charge in [0, 0.05) is 32.7 Å². The molecule has 0 aromatic heterocycles. The Morgan fingerprint density at radius 1 is 1.00 bits per heavy atom. The van der Waals surface area contributed by atoms with E-state index >= 15 is 0 Å². The number of amides is 1. The summed E-state index contributed by atoms with van der Waals surface area (Å²) in [6.07, 6.45) is 2.46. The van der Waals surface area contributed by atoms with Crippen LogP contribution in [-0.2, 0) is 11.0 Å². The van der Waals surface area contributed by atoms with Crippen molar-refractivity contribution in [1.29, 1.82) is 10.5 Å². The van der Waals surface area contributed by atoms with Crippen LogP contribution in [0.15, 0.2) is 18.2 Å². The minimum atomic E-state index is -4.72. The van der Waals surface area contributed by atoms with E-state index in [4.69, 9.17) is 22.7 Å². The van der Waals surface area contributed by atoms with Gasteiger partial charge in [-0.2, -0.15) is 23.7 Å². The number of halogens is 3. The molecule has 0 unspecified atom stereocenters. The van der Waals surface area contributed by atoms with Crippen molar-refractivity contribution in [1.82, 2.24) is 14.7 Å². The molecule has 0 spiro atoms. The maximum Gasteiger partial charge on any atom is 0.417 e. The highest BCUT2D eigenvalue weighted by Crippen LogP contribution is 2.38. The number of unbranched alkanes of at least 4 members (excludes halogenated alkanes) is 4. The second-order valence-electron chi connectivity index (χ2n) is 9.67. The molecule has 2 fully saturated rings. The van der Waals surface area contributed by atoms with E-state index in [1.807, 2.05) is 0 Å². The summed E-state index contributed by atoms with van der Waals surface area (Å²) in [6, 6.07) is 4.79. The van der Waals surface area contributed by atoms with E-state index < -0.39 is 22.8 Å². The fraction of sp³-hybridized carbons (Fsp3) is 0.600. The normalized spacial score (nSPS) is 18.5. The summed E-state index contributed by atoms with van der Waals surface area (Å²) in [5.74, 6) is -0.387. The summed E-state index contributed by atoms with van der Waals surface area (Å²) in [4.78, 5) is 20.2. The lowest BCUT2D eigenvalue weighted by Gasteiger charge is -2.31. The summed E-state index contributed by atoms with van der Waals surface area (Å²) >= 11 is 5.53. The lowest BCUT2D eigenvalue weighted by Crippen LogP contribution is -2.44. The minimum Gasteiger partial charge on any atom is -0.334 e. The Kier molecular flexibility index (Phi) is 8.80. The summed E-state index contributed by atoms with van der Waals surface area (Å²) in [5, 5.41) is 18.1. The van der Waals surface area contributed by atoms with Gasteiger partial charge in [0.1, 0.15) is 5.54 Å². The highest BCUT2D eigenvalue weighted by Gasteiger charge is 2.49. The highest BCUT2D eigenvalue weighted by molar-refractivity contribution is 7.80. The summed E-state index contributed by atoms with van der Waals surface area (Å²) in [5.41, 5.74) is -2.54.